The fourth-order valence-electron chi connectivity index (χ4n) is 0.662. The van der Waals surface area contributed by atoms with Gasteiger partial charge >= 0.3 is 0 Å². The topological polar surface area (TPSA) is 17.1 Å². The number of alkyl halides is 3. The van der Waals surface area contributed by atoms with E-state index in [1.807, 2.05) is 6.92 Å². The minimum Gasteiger partial charge on any atom is -0.295 e. The lowest BCUT2D eigenvalue weighted by Crippen LogP contribution is -2.20. The highest BCUT2D eigenvalue weighted by atomic mass is 35.5. The van der Waals surface area contributed by atoms with Crippen molar-refractivity contribution in [1.29, 1.82) is 0 Å². The van der Waals surface area contributed by atoms with E-state index in [4.69, 9.17) is 34.8 Å². The van der Waals surface area contributed by atoms with Crippen molar-refractivity contribution in [1.82, 2.24) is 0 Å². The highest BCUT2D eigenvalue weighted by Crippen LogP contribution is 2.15. The molecular formula is C7H11Cl3O. The van der Waals surface area contributed by atoms with Crippen LogP contribution in [0.2, 0.25) is 0 Å². The van der Waals surface area contributed by atoms with Crippen LogP contribution in [0.1, 0.15) is 26.2 Å². The van der Waals surface area contributed by atoms with Gasteiger partial charge in [-0.3, -0.25) is 4.79 Å². The number of carbonyl (C=O) groups excluding carboxylic acids is 1. The second kappa shape index (κ2) is 6.10. The molecule has 4 heteroatoms. The summed E-state index contributed by atoms with van der Waals surface area (Å²) in [4.78, 5) is 9.98. The van der Waals surface area contributed by atoms with Gasteiger partial charge in [-0.05, 0) is 6.42 Å². The zero-order valence-electron chi connectivity index (χ0n) is 6.32. The lowest BCUT2D eigenvalue weighted by atomic mass is 10.1. The minimum absolute atomic E-state index is 0.288. The highest BCUT2D eigenvalue weighted by Gasteiger charge is 2.20. The van der Waals surface area contributed by atoms with Gasteiger partial charge in [0, 0.05) is 0 Å². The Morgan fingerprint density at radius 2 is 1.91 bits per heavy atom. The van der Waals surface area contributed by atoms with Crippen molar-refractivity contribution in [2.45, 2.75) is 36.4 Å². The van der Waals surface area contributed by atoms with Crippen LogP contribution >= 0.6 is 34.8 Å². The summed E-state index contributed by atoms with van der Waals surface area (Å²) in [5.41, 5.74) is 0. The van der Waals surface area contributed by atoms with Crippen molar-refractivity contribution < 1.29 is 4.79 Å². The zero-order chi connectivity index (χ0) is 8.85. The molecule has 0 saturated heterocycles. The van der Waals surface area contributed by atoms with Gasteiger partial charge in [0.15, 0.2) is 10.6 Å². The van der Waals surface area contributed by atoms with Gasteiger partial charge in [0.25, 0.3) is 0 Å². The normalized spacial score (nSPS) is 13.5. The molecule has 0 radical (unpaired) electrons. The Kier molecular flexibility index (Phi) is 6.40. The lowest BCUT2D eigenvalue weighted by molar-refractivity contribution is -0.117. The number of Topliss-reactive ketones (excluding diaryl/α,β-unsaturated/α-hetero) is 1. The summed E-state index contributed by atoms with van der Waals surface area (Å²) in [6.45, 7) is 2.03. The van der Waals surface area contributed by atoms with Crippen molar-refractivity contribution in [2.75, 3.05) is 0 Å². The van der Waals surface area contributed by atoms with Crippen molar-refractivity contribution in [3.05, 3.63) is 0 Å². The number of ketones is 1. The van der Waals surface area contributed by atoms with Gasteiger partial charge < -0.3 is 0 Å². The third kappa shape index (κ3) is 4.89. The maximum Gasteiger partial charge on any atom is 0.183 e. The highest BCUT2D eigenvalue weighted by molar-refractivity contribution is 6.56. The fraction of sp³-hybridized carbons (Fsp3) is 0.857. The predicted molar refractivity (Wildman–Crippen MR) is 49.7 cm³/mol. The van der Waals surface area contributed by atoms with E-state index in [1.165, 1.54) is 0 Å². The van der Waals surface area contributed by atoms with Gasteiger partial charge in [0.05, 0.1) is 5.38 Å². The van der Waals surface area contributed by atoms with Crippen LogP contribution in [0, 0.1) is 0 Å². The summed E-state index contributed by atoms with van der Waals surface area (Å²) in [5, 5.41) is -0.519. The maximum absolute atomic E-state index is 11.0. The van der Waals surface area contributed by atoms with Crippen LogP contribution in [0.25, 0.3) is 0 Å². The molecule has 0 fully saturated rings. The molecular weight excluding hydrogens is 206 g/mol. The second-order valence-electron chi connectivity index (χ2n) is 2.31. The van der Waals surface area contributed by atoms with Gasteiger partial charge in [-0.1, -0.05) is 43.0 Å². The first-order valence-corrected chi connectivity index (χ1v) is 4.86. The zero-order valence-corrected chi connectivity index (χ0v) is 8.59. The van der Waals surface area contributed by atoms with E-state index < -0.39 is 10.2 Å². The Labute approximate surface area is 82.0 Å². The summed E-state index contributed by atoms with van der Waals surface area (Å²) in [6.07, 6.45) is 2.61. The molecule has 0 aliphatic carbocycles. The SMILES string of the molecule is CCCCC(Cl)C(=O)C(Cl)Cl. The number of unbranched alkanes of at least 4 members (excludes halogenated alkanes) is 1. The molecule has 0 aliphatic rings. The average molecular weight is 218 g/mol. The van der Waals surface area contributed by atoms with Gasteiger partial charge in [0.1, 0.15) is 0 Å². The Bertz CT molecular complexity index is 125. The molecule has 0 aromatic carbocycles. The van der Waals surface area contributed by atoms with Crippen LogP contribution < -0.4 is 0 Å². The van der Waals surface area contributed by atoms with Crippen molar-refractivity contribution in [3.63, 3.8) is 0 Å². The quantitative estimate of drug-likeness (QED) is 0.647. The van der Waals surface area contributed by atoms with Crippen LogP contribution in [0.15, 0.2) is 0 Å². The first kappa shape index (κ1) is 11.5. The number of hydrogen-bond donors (Lipinski definition) is 0. The van der Waals surface area contributed by atoms with Crippen LogP contribution in [-0.4, -0.2) is 16.0 Å². The smallest absolute Gasteiger partial charge is 0.183 e. The molecule has 0 bridgehead atoms. The summed E-state index contributed by atoms with van der Waals surface area (Å²) >= 11 is 16.4. The van der Waals surface area contributed by atoms with E-state index >= 15 is 0 Å². The molecule has 0 aromatic heterocycles. The van der Waals surface area contributed by atoms with Crippen molar-refractivity contribution in [2.24, 2.45) is 0 Å². The first-order valence-electron chi connectivity index (χ1n) is 3.55. The van der Waals surface area contributed by atoms with Gasteiger partial charge in [0.2, 0.25) is 0 Å². The Balaban J connectivity index is 3.64. The molecule has 0 aromatic rings. The van der Waals surface area contributed by atoms with Crippen molar-refractivity contribution in [3.8, 4) is 0 Å². The molecule has 66 valence electrons. The predicted octanol–water partition coefficient (Wildman–Crippen LogP) is 3.16. The number of rotatable bonds is 5. The maximum atomic E-state index is 11.0. The van der Waals surface area contributed by atoms with E-state index in [9.17, 15) is 4.79 Å². The standard InChI is InChI=1S/C7H11Cl3O/c1-2-3-4-5(8)6(11)7(9)10/h5,7H,2-4H2,1H3. The lowest BCUT2D eigenvalue weighted by Gasteiger charge is -2.06. The third-order valence-corrected chi connectivity index (χ3v) is 2.20. The number of carbonyl (C=O) groups is 1. The monoisotopic (exact) mass is 216 g/mol. The Morgan fingerprint density at radius 3 is 2.27 bits per heavy atom. The second-order valence-corrected chi connectivity index (χ2v) is 3.94. The number of halogens is 3. The van der Waals surface area contributed by atoms with Crippen LogP contribution in [0.3, 0.4) is 0 Å². The van der Waals surface area contributed by atoms with Crippen LogP contribution in [0.4, 0.5) is 0 Å². The third-order valence-electron chi connectivity index (χ3n) is 1.33. The first-order chi connectivity index (χ1) is 5.09. The molecule has 0 aliphatic heterocycles. The van der Waals surface area contributed by atoms with Gasteiger partial charge in [-0.25, -0.2) is 0 Å². The average Bonchev–Trinajstić information content (AvgIpc) is 1.98. The number of hydrogen-bond acceptors (Lipinski definition) is 1. The summed E-state index contributed by atoms with van der Waals surface area (Å²) in [6, 6.07) is 0. The molecule has 1 unspecified atom stereocenters. The molecule has 0 amide bonds. The molecule has 0 rings (SSSR count). The largest absolute Gasteiger partial charge is 0.295 e. The van der Waals surface area contributed by atoms with E-state index in [-0.39, 0.29) is 5.78 Å². The summed E-state index contributed by atoms with van der Waals surface area (Å²) in [7, 11) is 0. The van der Waals surface area contributed by atoms with Gasteiger partial charge in [-0.15, -0.1) is 11.6 Å². The van der Waals surface area contributed by atoms with E-state index in [1.54, 1.807) is 0 Å². The van der Waals surface area contributed by atoms with Crippen molar-refractivity contribution >= 4 is 40.6 Å². The molecule has 11 heavy (non-hydrogen) atoms. The Hall–Kier alpha value is 0.540. The fourth-order valence-corrected chi connectivity index (χ4v) is 1.38. The molecule has 0 heterocycles. The summed E-state index contributed by atoms with van der Waals surface area (Å²) < 4.78 is 0. The molecule has 0 N–H and O–H groups in total. The van der Waals surface area contributed by atoms with Crippen LogP contribution in [-0.2, 0) is 4.79 Å². The summed E-state index contributed by atoms with van der Waals surface area (Å²) in [5.74, 6) is -0.288. The van der Waals surface area contributed by atoms with Gasteiger partial charge in [-0.2, -0.15) is 0 Å². The molecule has 0 spiro atoms. The van der Waals surface area contributed by atoms with E-state index in [2.05, 4.69) is 0 Å². The molecule has 1 nitrogen and oxygen atoms in total. The van der Waals surface area contributed by atoms with E-state index in [0.29, 0.717) is 6.42 Å². The molecule has 1 atom stereocenters. The Morgan fingerprint density at radius 1 is 1.36 bits per heavy atom. The van der Waals surface area contributed by atoms with E-state index in [0.717, 1.165) is 12.8 Å². The molecule has 0 saturated carbocycles. The van der Waals surface area contributed by atoms with Crippen LogP contribution in [0.5, 0.6) is 0 Å². The minimum atomic E-state index is -0.977.